The summed E-state index contributed by atoms with van der Waals surface area (Å²) in [6, 6.07) is 9.72. The van der Waals surface area contributed by atoms with Gasteiger partial charge >= 0.3 is 0 Å². The van der Waals surface area contributed by atoms with Crippen molar-refractivity contribution >= 4 is 22.0 Å². The predicted molar refractivity (Wildman–Crippen MR) is 89.9 cm³/mol. The fourth-order valence-corrected chi connectivity index (χ4v) is 3.95. The van der Waals surface area contributed by atoms with Crippen molar-refractivity contribution < 1.29 is 13.2 Å². The fourth-order valence-electron chi connectivity index (χ4n) is 2.73. The topological polar surface area (TPSA) is 66.5 Å². The van der Waals surface area contributed by atoms with Crippen LogP contribution in [0.3, 0.4) is 0 Å². The van der Waals surface area contributed by atoms with Crippen molar-refractivity contribution in [1.82, 2.24) is 9.62 Å². The Morgan fingerprint density at radius 1 is 1.09 bits per heavy atom. The number of sulfonamides is 1. The summed E-state index contributed by atoms with van der Waals surface area (Å²) < 4.78 is 26.2. The average Bonchev–Trinajstić information content (AvgIpc) is 3.38. The molecular weight excluding hydrogens is 312 g/mol. The minimum Gasteiger partial charge on any atom is -0.353 e. The SMILES string of the molecule is O=C(NC1CC1)C1CCN(S(=O)(=O)C=Cc2ccccc2)CC1. The third kappa shape index (κ3) is 4.42. The van der Waals surface area contributed by atoms with Crippen molar-refractivity contribution in [2.75, 3.05) is 13.1 Å². The molecule has 23 heavy (non-hydrogen) atoms. The number of rotatable bonds is 5. The zero-order valence-corrected chi connectivity index (χ0v) is 13.8. The number of carbonyl (C=O) groups excluding carboxylic acids is 1. The van der Waals surface area contributed by atoms with Crippen LogP contribution in [0.1, 0.15) is 31.2 Å². The first kappa shape index (κ1) is 16.2. The molecule has 3 rings (SSSR count). The van der Waals surface area contributed by atoms with Crippen LogP contribution in [-0.4, -0.2) is 37.8 Å². The van der Waals surface area contributed by atoms with Crippen molar-refractivity contribution in [3.63, 3.8) is 0 Å². The molecule has 1 saturated carbocycles. The van der Waals surface area contributed by atoms with Gasteiger partial charge in [0.2, 0.25) is 15.9 Å². The van der Waals surface area contributed by atoms with E-state index < -0.39 is 10.0 Å². The Balaban J connectivity index is 1.55. The highest BCUT2D eigenvalue weighted by Gasteiger charge is 2.32. The number of benzene rings is 1. The van der Waals surface area contributed by atoms with Crippen LogP contribution >= 0.6 is 0 Å². The van der Waals surface area contributed by atoms with Crippen LogP contribution in [0.2, 0.25) is 0 Å². The highest BCUT2D eigenvalue weighted by atomic mass is 32.2. The van der Waals surface area contributed by atoms with Gasteiger partial charge in [0, 0.05) is 30.5 Å². The number of hydrogen-bond acceptors (Lipinski definition) is 3. The lowest BCUT2D eigenvalue weighted by Gasteiger charge is -2.29. The van der Waals surface area contributed by atoms with Crippen LogP contribution in [0.25, 0.3) is 6.08 Å². The van der Waals surface area contributed by atoms with Gasteiger partial charge in [-0.05, 0) is 37.3 Å². The lowest BCUT2D eigenvalue weighted by atomic mass is 9.97. The van der Waals surface area contributed by atoms with Gasteiger partial charge in [-0.15, -0.1) is 0 Å². The van der Waals surface area contributed by atoms with Crippen molar-refractivity contribution in [2.24, 2.45) is 5.92 Å². The maximum absolute atomic E-state index is 12.4. The molecule has 0 aromatic heterocycles. The summed E-state index contributed by atoms with van der Waals surface area (Å²) in [6.07, 6.45) is 4.95. The van der Waals surface area contributed by atoms with E-state index in [1.807, 2.05) is 30.3 Å². The summed E-state index contributed by atoms with van der Waals surface area (Å²) in [5.41, 5.74) is 0.856. The van der Waals surface area contributed by atoms with E-state index in [1.165, 1.54) is 9.71 Å². The Kier molecular flexibility index (Phi) is 4.82. The van der Waals surface area contributed by atoms with E-state index in [-0.39, 0.29) is 11.8 Å². The van der Waals surface area contributed by atoms with Gasteiger partial charge in [-0.3, -0.25) is 4.79 Å². The second-order valence-corrected chi connectivity index (χ2v) is 8.03. The lowest BCUT2D eigenvalue weighted by molar-refractivity contribution is -0.126. The summed E-state index contributed by atoms with van der Waals surface area (Å²) in [5, 5.41) is 4.26. The molecule has 0 spiro atoms. The summed E-state index contributed by atoms with van der Waals surface area (Å²) in [5.74, 6) is 0.0320. The van der Waals surface area contributed by atoms with Gasteiger partial charge in [-0.25, -0.2) is 8.42 Å². The lowest BCUT2D eigenvalue weighted by Crippen LogP contribution is -2.42. The van der Waals surface area contributed by atoms with Crippen LogP contribution in [-0.2, 0) is 14.8 Å². The highest BCUT2D eigenvalue weighted by Crippen LogP contribution is 2.24. The van der Waals surface area contributed by atoms with Crippen molar-refractivity contribution in [1.29, 1.82) is 0 Å². The maximum atomic E-state index is 12.4. The summed E-state index contributed by atoms with van der Waals surface area (Å²) >= 11 is 0. The third-order valence-electron chi connectivity index (χ3n) is 4.34. The molecule has 1 N–H and O–H groups in total. The van der Waals surface area contributed by atoms with E-state index in [1.54, 1.807) is 6.08 Å². The van der Waals surface area contributed by atoms with E-state index >= 15 is 0 Å². The van der Waals surface area contributed by atoms with Crippen LogP contribution in [0.5, 0.6) is 0 Å². The van der Waals surface area contributed by atoms with Gasteiger partial charge in [0.05, 0.1) is 0 Å². The highest BCUT2D eigenvalue weighted by molar-refractivity contribution is 7.92. The standard InChI is InChI=1S/C17H22N2O3S/c20-17(18-16-6-7-16)15-8-11-19(12-9-15)23(21,22)13-10-14-4-2-1-3-5-14/h1-5,10,13,15-16H,6-9,11-12H2,(H,18,20). The number of nitrogens with zero attached hydrogens (tertiary/aromatic N) is 1. The molecule has 2 aliphatic rings. The largest absolute Gasteiger partial charge is 0.353 e. The third-order valence-corrected chi connectivity index (χ3v) is 5.91. The Bertz CT molecular complexity index is 673. The quantitative estimate of drug-likeness (QED) is 0.895. The van der Waals surface area contributed by atoms with Gasteiger partial charge in [0.1, 0.15) is 0 Å². The van der Waals surface area contributed by atoms with E-state index in [0.29, 0.717) is 32.0 Å². The Labute approximate surface area is 137 Å². The van der Waals surface area contributed by atoms with Crippen LogP contribution in [0.4, 0.5) is 0 Å². The first-order valence-corrected chi connectivity index (χ1v) is 9.58. The molecule has 1 amide bonds. The Morgan fingerprint density at radius 2 is 1.74 bits per heavy atom. The minimum absolute atomic E-state index is 0.0554. The van der Waals surface area contributed by atoms with E-state index in [9.17, 15) is 13.2 Å². The molecular formula is C17H22N2O3S. The molecule has 0 atom stereocenters. The maximum Gasteiger partial charge on any atom is 0.236 e. The van der Waals surface area contributed by atoms with Crippen LogP contribution < -0.4 is 5.32 Å². The number of amides is 1. The predicted octanol–water partition coefficient (Wildman–Crippen LogP) is 1.98. The fraction of sp³-hybridized carbons (Fsp3) is 0.471. The zero-order chi connectivity index (χ0) is 16.3. The second-order valence-electron chi connectivity index (χ2n) is 6.21. The van der Waals surface area contributed by atoms with Gasteiger partial charge in [-0.1, -0.05) is 30.3 Å². The number of carbonyl (C=O) groups is 1. The molecule has 1 aromatic rings. The van der Waals surface area contributed by atoms with Gasteiger partial charge in [-0.2, -0.15) is 4.31 Å². The molecule has 5 nitrogen and oxygen atoms in total. The van der Waals surface area contributed by atoms with E-state index in [0.717, 1.165) is 18.4 Å². The number of hydrogen-bond donors (Lipinski definition) is 1. The number of nitrogens with one attached hydrogen (secondary N) is 1. The van der Waals surface area contributed by atoms with Crippen molar-refractivity contribution in [3.8, 4) is 0 Å². The zero-order valence-electron chi connectivity index (χ0n) is 13.0. The normalized spacial score (nSPS) is 20.7. The second kappa shape index (κ2) is 6.84. The van der Waals surface area contributed by atoms with Crippen molar-refractivity contribution in [3.05, 3.63) is 41.3 Å². The van der Waals surface area contributed by atoms with Gasteiger partial charge in [0.15, 0.2) is 0 Å². The molecule has 0 bridgehead atoms. The van der Waals surface area contributed by atoms with Gasteiger partial charge in [0.25, 0.3) is 0 Å². The summed E-state index contributed by atoms with van der Waals surface area (Å²) in [7, 11) is -3.42. The minimum atomic E-state index is -3.42. The van der Waals surface area contributed by atoms with E-state index in [4.69, 9.17) is 0 Å². The molecule has 0 unspecified atom stereocenters. The molecule has 2 fully saturated rings. The van der Waals surface area contributed by atoms with Crippen LogP contribution in [0, 0.1) is 5.92 Å². The van der Waals surface area contributed by atoms with Crippen LogP contribution in [0.15, 0.2) is 35.7 Å². The molecule has 1 aromatic carbocycles. The monoisotopic (exact) mass is 334 g/mol. The first-order valence-electron chi connectivity index (χ1n) is 8.08. The van der Waals surface area contributed by atoms with Crippen molar-refractivity contribution in [2.45, 2.75) is 31.7 Å². The molecule has 1 heterocycles. The summed E-state index contributed by atoms with van der Waals surface area (Å²) in [6.45, 7) is 0.814. The Hall–Kier alpha value is -1.66. The Morgan fingerprint density at radius 3 is 2.35 bits per heavy atom. The molecule has 6 heteroatoms. The molecule has 124 valence electrons. The molecule has 1 saturated heterocycles. The van der Waals surface area contributed by atoms with E-state index in [2.05, 4.69) is 5.32 Å². The molecule has 1 aliphatic carbocycles. The molecule has 1 aliphatic heterocycles. The number of piperidine rings is 1. The molecule has 0 radical (unpaired) electrons. The average molecular weight is 334 g/mol. The summed E-state index contributed by atoms with van der Waals surface area (Å²) in [4.78, 5) is 12.0. The first-order chi connectivity index (χ1) is 11.0. The smallest absolute Gasteiger partial charge is 0.236 e. The van der Waals surface area contributed by atoms with Gasteiger partial charge < -0.3 is 5.32 Å².